The Labute approximate surface area is 114 Å². The number of fused-ring (bicyclic) bond motifs is 1. The highest BCUT2D eigenvalue weighted by Gasteiger charge is 2.21. The SMILES string of the molecule is NC1CCc2cc(C(=O)N3CCCCC3)ccc2C1. The minimum absolute atomic E-state index is 0.206. The predicted octanol–water partition coefficient (Wildman–Crippen LogP) is 2.13. The number of aryl methyl sites for hydroxylation is 1. The molecule has 3 nitrogen and oxygen atoms in total. The molecule has 3 rings (SSSR count). The van der Waals surface area contributed by atoms with Crippen molar-refractivity contribution in [3.05, 3.63) is 34.9 Å². The molecule has 2 N–H and O–H groups in total. The monoisotopic (exact) mass is 258 g/mol. The molecule has 0 spiro atoms. The van der Waals surface area contributed by atoms with E-state index in [0.29, 0.717) is 0 Å². The van der Waals surface area contributed by atoms with Crippen LogP contribution in [0.5, 0.6) is 0 Å². The molecule has 1 fully saturated rings. The Hall–Kier alpha value is -1.35. The van der Waals surface area contributed by atoms with Gasteiger partial charge in [-0.2, -0.15) is 0 Å². The number of likely N-dealkylation sites (tertiary alicyclic amines) is 1. The number of rotatable bonds is 1. The number of amides is 1. The van der Waals surface area contributed by atoms with Crippen LogP contribution >= 0.6 is 0 Å². The van der Waals surface area contributed by atoms with E-state index in [1.165, 1.54) is 17.5 Å². The molecular weight excluding hydrogens is 236 g/mol. The van der Waals surface area contributed by atoms with Gasteiger partial charge in [0.25, 0.3) is 5.91 Å². The van der Waals surface area contributed by atoms with E-state index in [-0.39, 0.29) is 11.9 Å². The number of carbonyl (C=O) groups excluding carboxylic acids is 1. The van der Waals surface area contributed by atoms with Crippen LogP contribution in [0, 0.1) is 0 Å². The van der Waals surface area contributed by atoms with E-state index < -0.39 is 0 Å². The third-order valence-corrected chi connectivity index (χ3v) is 4.36. The van der Waals surface area contributed by atoms with Crippen LogP contribution in [0.25, 0.3) is 0 Å². The number of piperidine rings is 1. The first kappa shape index (κ1) is 12.7. The smallest absolute Gasteiger partial charge is 0.253 e. The first-order chi connectivity index (χ1) is 9.24. The highest BCUT2D eigenvalue weighted by molar-refractivity contribution is 5.94. The molecule has 0 radical (unpaired) electrons. The zero-order valence-electron chi connectivity index (χ0n) is 11.4. The van der Waals surface area contributed by atoms with Crippen LogP contribution < -0.4 is 5.73 Å². The fraction of sp³-hybridized carbons (Fsp3) is 0.562. The summed E-state index contributed by atoms with van der Waals surface area (Å²) in [5.74, 6) is 0.206. The molecule has 1 amide bonds. The Morgan fingerprint density at radius 1 is 1.16 bits per heavy atom. The van der Waals surface area contributed by atoms with Crippen molar-refractivity contribution < 1.29 is 4.79 Å². The van der Waals surface area contributed by atoms with Gasteiger partial charge in [-0.1, -0.05) is 6.07 Å². The number of benzene rings is 1. The normalized spacial score (nSPS) is 23.0. The first-order valence-corrected chi connectivity index (χ1v) is 7.41. The zero-order chi connectivity index (χ0) is 13.2. The summed E-state index contributed by atoms with van der Waals surface area (Å²) in [6.45, 7) is 1.83. The lowest BCUT2D eigenvalue weighted by Gasteiger charge is -2.27. The van der Waals surface area contributed by atoms with E-state index in [9.17, 15) is 4.79 Å². The number of hydrogen-bond donors (Lipinski definition) is 1. The zero-order valence-corrected chi connectivity index (χ0v) is 11.4. The maximum atomic E-state index is 12.5. The molecule has 3 heteroatoms. The fourth-order valence-electron chi connectivity index (χ4n) is 3.20. The molecule has 1 aromatic carbocycles. The maximum absolute atomic E-state index is 12.5. The second-order valence-corrected chi connectivity index (χ2v) is 5.84. The number of hydrogen-bond acceptors (Lipinski definition) is 2. The third kappa shape index (κ3) is 2.66. The van der Waals surface area contributed by atoms with Crippen LogP contribution in [0.15, 0.2) is 18.2 Å². The van der Waals surface area contributed by atoms with Gasteiger partial charge in [-0.3, -0.25) is 4.79 Å². The average Bonchev–Trinajstić information content (AvgIpc) is 2.47. The third-order valence-electron chi connectivity index (χ3n) is 4.36. The molecule has 19 heavy (non-hydrogen) atoms. The largest absolute Gasteiger partial charge is 0.339 e. The van der Waals surface area contributed by atoms with E-state index in [1.54, 1.807) is 0 Å². The van der Waals surface area contributed by atoms with Gasteiger partial charge in [0.2, 0.25) is 0 Å². The Bertz CT molecular complexity index is 478. The molecule has 0 aromatic heterocycles. The van der Waals surface area contributed by atoms with Crippen LogP contribution in [0.4, 0.5) is 0 Å². The van der Waals surface area contributed by atoms with Gasteiger partial charge in [0.1, 0.15) is 0 Å². The lowest BCUT2D eigenvalue weighted by molar-refractivity contribution is 0.0724. The highest BCUT2D eigenvalue weighted by atomic mass is 16.2. The van der Waals surface area contributed by atoms with Gasteiger partial charge in [-0.25, -0.2) is 0 Å². The second-order valence-electron chi connectivity index (χ2n) is 5.84. The van der Waals surface area contributed by atoms with Crippen molar-refractivity contribution in [1.29, 1.82) is 0 Å². The summed E-state index contributed by atoms with van der Waals surface area (Å²) in [6, 6.07) is 6.47. The molecule has 1 saturated heterocycles. The maximum Gasteiger partial charge on any atom is 0.253 e. The van der Waals surface area contributed by atoms with Crippen LogP contribution in [-0.4, -0.2) is 29.9 Å². The minimum Gasteiger partial charge on any atom is -0.339 e. The summed E-state index contributed by atoms with van der Waals surface area (Å²) >= 11 is 0. The van der Waals surface area contributed by atoms with Crippen molar-refractivity contribution in [2.75, 3.05) is 13.1 Å². The molecule has 2 aliphatic rings. The number of nitrogens with zero attached hydrogens (tertiary/aromatic N) is 1. The molecule has 1 heterocycles. The summed E-state index contributed by atoms with van der Waals surface area (Å²) in [7, 11) is 0. The molecule has 1 aliphatic carbocycles. The van der Waals surface area contributed by atoms with Gasteiger partial charge >= 0.3 is 0 Å². The summed E-state index contributed by atoms with van der Waals surface area (Å²) in [5.41, 5.74) is 9.50. The first-order valence-electron chi connectivity index (χ1n) is 7.41. The lowest BCUT2D eigenvalue weighted by atomic mass is 9.87. The van der Waals surface area contributed by atoms with Gasteiger partial charge in [0.15, 0.2) is 0 Å². The van der Waals surface area contributed by atoms with E-state index in [1.807, 2.05) is 11.0 Å². The van der Waals surface area contributed by atoms with Gasteiger partial charge in [0, 0.05) is 24.7 Å². The highest BCUT2D eigenvalue weighted by Crippen LogP contribution is 2.23. The molecule has 1 unspecified atom stereocenters. The van der Waals surface area contributed by atoms with Gasteiger partial charge in [-0.15, -0.1) is 0 Å². The number of carbonyl (C=O) groups is 1. The van der Waals surface area contributed by atoms with Crippen LogP contribution in [0.1, 0.15) is 47.2 Å². The van der Waals surface area contributed by atoms with Crippen LogP contribution in [0.2, 0.25) is 0 Å². The van der Waals surface area contributed by atoms with Crippen molar-refractivity contribution in [1.82, 2.24) is 4.90 Å². The molecule has 1 aliphatic heterocycles. The van der Waals surface area contributed by atoms with Crippen molar-refractivity contribution in [2.45, 2.75) is 44.6 Å². The van der Waals surface area contributed by atoms with E-state index in [0.717, 1.165) is 50.8 Å². The molecule has 0 bridgehead atoms. The van der Waals surface area contributed by atoms with Crippen LogP contribution in [0.3, 0.4) is 0 Å². The Kier molecular flexibility index (Phi) is 3.56. The van der Waals surface area contributed by atoms with Crippen LogP contribution in [-0.2, 0) is 12.8 Å². The van der Waals surface area contributed by atoms with E-state index in [2.05, 4.69) is 12.1 Å². The van der Waals surface area contributed by atoms with Gasteiger partial charge in [0.05, 0.1) is 0 Å². The molecule has 0 saturated carbocycles. The summed E-state index contributed by atoms with van der Waals surface area (Å²) in [4.78, 5) is 14.5. The molecular formula is C16H22N2O. The Morgan fingerprint density at radius 3 is 2.74 bits per heavy atom. The van der Waals surface area contributed by atoms with Gasteiger partial charge in [-0.05, 0) is 61.8 Å². The molecule has 1 aromatic rings. The van der Waals surface area contributed by atoms with Crippen molar-refractivity contribution in [2.24, 2.45) is 5.73 Å². The topological polar surface area (TPSA) is 46.3 Å². The second kappa shape index (κ2) is 5.33. The van der Waals surface area contributed by atoms with Crippen molar-refractivity contribution >= 4 is 5.91 Å². The van der Waals surface area contributed by atoms with E-state index >= 15 is 0 Å². The Morgan fingerprint density at radius 2 is 1.95 bits per heavy atom. The standard InChI is InChI=1S/C16H22N2O/c17-15-7-6-12-10-14(5-4-13(12)11-15)16(19)18-8-2-1-3-9-18/h4-5,10,15H,1-3,6-9,11,17H2. The lowest BCUT2D eigenvalue weighted by Crippen LogP contribution is -2.35. The summed E-state index contributed by atoms with van der Waals surface area (Å²) in [5, 5.41) is 0. The van der Waals surface area contributed by atoms with Gasteiger partial charge < -0.3 is 10.6 Å². The number of nitrogens with two attached hydrogens (primary N) is 1. The Balaban J connectivity index is 1.79. The molecule has 102 valence electrons. The summed E-state index contributed by atoms with van der Waals surface area (Å²) in [6.07, 6.45) is 6.54. The average molecular weight is 258 g/mol. The summed E-state index contributed by atoms with van der Waals surface area (Å²) < 4.78 is 0. The quantitative estimate of drug-likeness (QED) is 0.838. The van der Waals surface area contributed by atoms with Crippen molar-refractivity contribution in [3.8, 4) is 0 Å². The van der Waals surface area contributed by atoms with E-state index in [4.69, 9.17) is 5.73 Å². The van der Waals surface area contributed by atoms with Crippen molar-refractivity contribution in [3.63, 3.8) is 0 Å². The fourth-order valence-corrected chi connectivity index (χ4v) is 3.20. The molecule has 1 atom stereocenters. The minimum atomic E-state index is 0.206. The predicted molar refractivity (Wildman–Crippen MR) is 76.2 cm³/mol.